The Morgan fingerprint density at radius 1 is 1.57 bits per heavy atom. The quantitative estimate of drug-likeness (QED) is 0.758. The molecule has 6 heteroatoms. The van der Waals surface area contributed by atoms with Crippen LogP contribution in [0.2, 0.25) is 0 Å². The highest BCUT2D eigenvalue weighted by Gasteiger charge is 2.04. The van der Waals surface area contributed by atoms with Crippen molar-refractivity contribution in [3.63, 3.8) is 0 Å². The topological polar surface area (TPSA) is 55.2 Å². The molecule has 1 N–H and O–H groups in total. The molecule has 2 rings (SSSR count). The van der Waals surface area contributed by atoms with Crippen molar-refractivity contribution in [2.75, 3.05) is 7.11 Å². The van der Waals surface area contributed by atoms with Gasteiger partial charge in [0.1, 0.15) is 10.5 Å². The third-order valence-corrected chi connectivity index (χ3v) is 2.03. The number of ether oxygens (including phenoxy) is 1. The normalized spacial score (nSPS) is 11.0. The summed E-state index contributed by atoms with van der Waals surface area (Å²) >= 11 is 5.02. The number of methoxy groups -OCH3 is 1. The van der Waals surface area contributed by atoms with E-state index in [4.69, 9.17) is 17.0 Å². The van der Waals surface area contributed by atoms with Gasteiger partial charge < -0.3 is 4.74 Å². The maximum atomic E-state index is 5.06. The molecule has 0 aliphatic carbocycles. The highest BCUT2D eigenvalue weighted by molar-refractivity contribution is 7.71. The molecule has 0 aliphatic heterocycles. The van der Waals surface area contributed by atoms with Crippen LogP contribution in [-0.4, -0.2) is 26.7 Å². The minimum atomic E-state index is 0.481. The van der Waals surface area contributed by atoms with Crippen molar-refractivity contribution >= 4 is 18.0 Å². The van der Waals surface area contributed by atoms with Gasteiger partial charge in [0.05, 0.1) is 12.3 Å². The number of nitrogens with one attached hydrogen (secondary N) is 1. The average molecular weight is 210 g/mol. The average Bonchev–Trinajstić information content (AvgIpc) is 2.45. The van der Waals surface area contributed by atoms with Crippen LogP contribution in [0.25, 0.3) is 5.78 Å². The van der Waals surface area contributed by atoms with Gasteiger partial charge in [-0.05, 0) is 13.0 Å². The van der Waals surface area contributed by atoms with Crippen LogP contribution in [0.4, 0.5) is 0 Å². The Balaban J connectivity index is 2.72. The summed E-state index contributed by atoms with van der Waals surface area (Å²) in [6, 6.07) is 1.80. The van der Waals surface area contributed by atoms with Crippen molar-refractivity contribution in [2.45, 2.75) is 13.5 Å². The largest absolute Gasteiger partial charge is 0.378 e. The van der Waals surface area contributed by atoms with Gasteiger partial charge in [0.2, 0.25) is 0 Å². The van der Waals surface area contributed by atoms with Gasteiger partial charge in [0.15, 0.2) is 0 Å². The van der Waals surface area contributed by atoms with Gasteiger partial charge in [-0.25, -0.2) is 4.52 Å². The van der Waals surface area contributed by atoms with E-state index in [2.05, 4.69) is 15.1 Å². The van der Waals surface area contributed by atoms with E-state index in [1.54, 1.807) is 17.7 Å². The van der Waals surface area contributed by atoms with Crippen LogP contribution in [0, 0.1) is 11.6 Å². The molecule has 0 saturated heterocycles. The monoisotopic (exact) mass is 210 g/mol. The van der Waals surface area contributed by atoms with Crippen molar-refractivity contribution in [1.29, 1.82) is 0 Å². The molecule has 0 fully saturated rings. The summed E-state index contributed by atoms with van der Waals surface area (Å²) < 4.78 is 7.36. The number of aromatic nitrogens is 4. The molecule has 14 heavy (non-hydrogen) atoms. The van der Waals surface area contributed by atoms with Crippen molar-refractivity contribution in [3.8, 4) is 0 Å². The van der Waals surface area contributed by atoms with Crippen LogP contribution in [0.15, 0.2) is 6.07 Å². The van der Waals surface area contributed by atoms with Gasteiger partial charge >= 0.3 is 0 Å². The first-order chi connectivity index (χ1) is 6.70. The summed E-state index contributed by atoms with van der Waals surface area (Å²) in [6.45, 7) is 2.35. The van der Waals surface area contributed by atoms with Crippen molar-refractivity contribution < 1.29 is 4.74 Å². The summed E-state index contributed by atoms with van der Waals surface area (Å²) in [5, 5.41) is 3.06. The Morgan fingerprint density at radius 2 is 2.36 bits per heavy atom. The van der Waals surface area contributed by atoms with Gasteiger partial charge in [-0.1, -0.05) is 12.2 Å². The fraction of sp³-hybridized carbons (Fsp3) is 0.375. The molecule has 0 spiro atoms. The molecule has 2 aromatic rings. The molecule has 5 nitrogen and oxygen atoms in total. The predicted octanol–water partition coefficient (Wildman–Crippen LogP) is 1.24. The molecule has 0 atom stereocenters. The molecule has 0 bridgehead atoms. The lowest BCUT2D eigenvalue weighted by atomic mass is 10.4. The molecular formula is C8H10N4OS. The number of aryl methyl sites for hydroxylation is 1. The Morgan fingerprint density at radius 3 is 3.07 bits per heavy atom. The molecule has 2 aromatic heterocycles. The summed E-state index contributed by atoms with van der Waals surface area (Å²) in [5.74, 6) is 1.39. The van der Waals surface area contributed by atoms with Gasteiger partial charge in [-0.3, -0.25) is 5.10 Å². The van der Waals surface area contributed by atoms with Gasteiger partial charge in [-0.2, -0.15) is 9.97 Å². The Hall–Kier alpha value is -1.27. The van der Waals surface area contributed by atoms with E-state index in [0.29, 0.717) is 17.0 Å². The molecule has 0 amide bonds. The zero-order chi connectivity index (χ0) is 10.1. The number of nitrogens with zero attached hydrogens (tertiary/aromatic N) is 3. The van der Waals surface area contributed by atoms with Crippen LogP contribution >= 0.6 is 12.2 Å². The number of aromatic amines is 1. The second kappa shape index (κ2) is 3.47. The summed E-state index contributed by atoms with van der Waals surface area (Å²) in [6.07, 6.45) is 0. The highest BCUT2D eigenvalue weighted by atomic mass is 32.1. The number of hydrogen-bond donors (Lipinski definition) is 1. The lowest BCUT2D eigenvalue weighted by molar-refractivity contribution is 0.179. The van der Waals surface area contributed by atoms with Gasteiger partial charge in [0.25, 0.3) is 5.78 Å². The zero-order valence-corrected chi connectivity index (χ0v) is 8.76. The summed E-state index contributed by atoms with van der Waals surface area (Å²) in [7, 11) is 1.64. The standard InChI is InChI=1S/C8H10N4OS/c1-5-9-8-10-7(14)3-6(4-13-2)12(8)11-5/h3H,4H2,1-2H3,(H,9,10,11,14). The first-order valence-electron chi connectivity index (χ1n) is 4.15. The van der Waals surface area contributed by atoms with Crippen molar-refractivity contribution in [2.24, 2.45) is 0 Å². The third kappa shape index (κ3) is 1.53. The number of rotatable bonds is 2. The fourth-order valence-electron chi connectivity index (χ4n) is 1.30. The molecule has 0 aromatic carbocycles. The Kier molecular flexibility index (Phi) is 2.30. The van der Waals surface area contributed by atoms with E-state index in [9.17, 15) is 0 Å². The minimum absolute atomic E-state index is 0.481. The van der Waals surface area contributed by atoms with Gasteiger partial charge in [0, 0.05) is 7.11 Å². The van der Waals surface area contributed by atoms with E-state index in [0.717, 1.165) is 11.5 Å². The molecule has 0 aliphatic rings. The smallest absolute Gasteiger partial charge is 0.252 e. The molecule has 74 valence electrons. The Bertz CT molecular complexity index is 516. The third-order valence-electron chi connectivity index (χ3n) is 1.82. The van der Waals surface area contributed by atoms with Crippen LogP contribution in [0.5, 0.6) is 0 Å². The molecule has 2 heterocycles. The molecule has 0 saturated carbocycles. The first kappa shape index (κ1) is 9.29. The first-order valence-corrected chi connectivity index (χ1v) is 4.56. The highest BCUT2D eigenvalue weighted by Crippen LogP contribution is 2.04. The molecule has 0 radical (unpaired) electrons. The van der Waals surface area contributed by atoms with Crippen LogP contribution < -0.4 is 0 Å². The van der Waals surface area contributed by atoms with Crippen LogP contribution in [0.3, 0.4) is 0 Å². The van der Waals surface area contributed by atoms with E-state index in [-0.39, 0.29) is 0 Å². The van der Waals surface area contributed by atoms with Crippen molar-refractivity contribution in [1.82, 2.24) is 19.6 Å². The van der Waals surface area contributed by atoms with Gasteiger partial charge in [-0.15, -0.1) is 0 Å². The van der Waals surface area contributed by atoms with E-state index < -0.39 is 0 Å². The fourth-order valence-corrected chi connectivity index (χ4v) is 1.52. The number of hydrogen-bond acceptors (Lipinski definition) is 4. The lowest BCUT2D eigenvalue weighted by Gasteiger charge is -2.01. The van der Waals surface area contributed by atoms with E-state index >= 15 is 0 Å². The van der Waals surface area contributed by atoms with E-state index in [1.165, 1.54) is 0 Å². The second-order valence-corrected chi connectivity index (χ2v) is 3.38. The summed E-state index contributed by atoms with van der Waals surface area (Å²) in [4.78, 5) is 8.31. The van der Waals surface area contributed by atoms with Crippen LogP contribution in [0.1, 0.15) is 11.5 Å². The SMILES string of the molecule is COCc1cc(=S)nc2nc(C)[nH]n12. The lowest BCUT2D eigenvalue weighted by Crippen LogP contribution is -2.02. The number of H-pyrrole nitrogens is 1. The Labute approximate surface area is 85.7 Å². The molecule has 0 unspecified atom stereocenters. The maximum Gasteiger partial charge on any atom is 0.252 e. The summed E-state index contributed by atoms with van der Waals surface area (Å²) in [5.41, 5.74) is 0.920. The van der Waals surface area contributed by atoms with E-state index in [1.807, 2.05) is 6.92 Å². The predicted molar refractivity (Wildman–Crippen MR) is 53.6 cm³/mol. The number of fused-ring (bicyclic) bond motifs is 1. The maximum absolute atomic E-state index is 5.06. The van der Waals surface area contributed by atoms with Crippen LogP contribution in [-0.2, 0) is 11.3 Å². The minimum Gasteiger partial charge on any atom is -0.378 e. The molecular weight excluding hydrogens is 200 g/mol. The second-order valence-electron chi connectivity index (χ2n) is 2.96. The zero-order valence-electron chi connectivity index (χ0n) is 7.94. The van der Waals surface area contributed by atoms with Crippen molar-refractivity contribution in [3.05, 3.63) is 22.2 Å².